The Morgan fingerprint density at radius 3 is 2.73 bits per heavy atom. The molecule has 0 aromatic rings. The van der Waals surface area contributed by atoms with E-state index in [1.807, 2.05) is 0 Å². The summed E-state index contributed by atoms with van der Waals surface area (Å²) in [6.45, 7) is 6.25. The quantitative estimate of drug-likeness (QED) is 0.683. The van der Waals surface area contributed by atoms with Gasteiger partial charge >= 0.3 is 0 Å². The molecule has 4 nitrogen and oxygen atoms in total. The minimum atomic E-state index is -2.82. The van der Waals surface area contributed by atoms with Gasteiger partial charge in [0.25, 0.3) is 0 Å². The van der Waals surface area contributed by atoms with Crippen molar-refractivity contribution in [2.24, 2.45) is 0 Å². The zero-order valence-corrected chi connectivity index (χ0v) is 10.3. The predicted octanol–water partition coefficient (Wildman–Crippen LogP) is -0.144. The van der Waals surface area contributed by atoms with E-state index in [1.54, 1.807) is 0 Å². The molecule has 2 unspecified atom stereocenters. The minimum Gasteiger partial charge on any atom is -0.311 e. The summed E-state index contributed by atoms with van der Waals surface area (Å²) in [6.07, 6.45) is 1.12. The SMILES string of the molecule is CC(C)N1CCCNC2CS(=O)(=O)CC21. The van der Waals surface area contributed by atoms with Crippen molar-refractivity contribution in [3.8, 4) is 0 Å². The van der Waals surface area contributed by atoms with Crippen molar-refractivity contribution < 1.29 is 8.42 Å². The molecule has 2 aliphatic rings. The summed E-state index contributed by atoms with van der Waals surface area (Å²) in [4.78, 5) is 2.34. The molecule has 88 valence electrons. The summed E-state index contributed by atoms with van der Waals surface area (Å²) in [5, 5.41) is 3.36. The van der Waals surface area contributed by atoms with Gasteiger partial charge in [0.2, 0.25) is 0 Å². The van der Waals surface area contributed by atoms with Gasteiger partial charge in [-0.05, 0) is 26.8 Å². The highest BCUT2D eigenvalue weighted by atomic mass is 32.2. The standard InChI is InChI=1S/C10H20N2O2S/c1-8(2)12-5-3-4-11-9-6-15(13,14)7-10(9)12/h8-11H,3-7H2,1-2H3. The first-order valence-electron chi connectivity index (χ1n) is 5.69. The highest BCUT2D eigenvalue weighted by molar-refractivity contribution is 7.91. The highest BCUT2D eigenvalue weighted by Crippen LogP contribution is 2.22. The van der Waals surface area contributed by atoms with Crippen LogP contribution in [0.4, 0.5) is 0 Å². The Hall–Kier alpha value is -0.130. The Kier molecular flexibility index (Phi) is 3.05. The second kappa shape index (κ2) is 4.03. The highest BCUT2D eigenvalue weighted by Gasteiger charge is 2.42. The minimum absolute atomic E-state index is 0.153. The molecule has 15 heavy (non-hydrogen) atoms. The molecule has 2 heterocycles. The first-order valence-corrected chi connectivity index (χ1v) is 7.51. The first-order chi connectivity index (χ1) is 6.99. The van der Waals surface area contributed by atoms with Crippen LogP contribution in [-0.4, -0.2) is 56.0 Å². The van der Waals surface area contributed by atoms with Crippen LogP contribution in [0.1, 0.15) is 20.3 Å². The summed E-state index contributed by atoms with van der Waals surface area (Å²) < 4.78 is 23.2. The lowest BCUT2D eigenvalue weighted by molar-refractivity contribution is 0.163. The third-order valence-electron chi connectivity index (χ3n) is 3.41. The average Bonchev–Trinajstić information content (AvgIpc) is 2.30. The van der Waals surface area contributed by atoms with Crippen LogP contribution in [0.3, 0.4) is 0 Å². The van der Waals surface area contributed by atoms with Crippen LogP contribution < -0.4 is 5.32 Å². The van der Waals surface area contributed by atoms with Crippen molar-refractivity contribution in [3.05, 3.63) is 0 Å². The molecule has 0 saturated carbocycles. The fraction of sp³-hybridized carbons (Fsp3) is 1.00. The number of rotatable bonds is 1. The Morgan fingerprint density at radius 1 is 1.33 bits per heavy atom. The largest absolute Gasteiger partial charge is 0.311 e. The third-order valence-corrected chi connectivity index (χ3v) is 5.13. The van der Waals surface area contributed by atoms with Crippen LogP contribution in [0.25, 0.3) is 0 Å². The Bertz CT molecular complexity index is 326. The molecular weight excluding hydrogens is 212 g/mol. The molecule has 0 aromatic heterocycles. The molecule has 0 radical (unpaired) electrons. The van der Waals surface area contributed by atoms with Gasteiger partial charge in [0, 0.05) is 24.7 Å². The second-order valence-corrected chi connectivity index (χ2v) is 7.04. The van der Waals surface area contributed by atoms with Crippen LogP contribution in [0.15, 0.2) is 0 Å². The van der Waals surface area contributed by atoms with Gasteiger partial charge in [-0.2, -0.15) is 0 Å². The number of sulfone groups is 1. The lowest BCUT2D eigenvalue weighted by atomic mass is 10.1. The molecular formula is C10H20N2O2S. The molecule has 1 N–H and O–H groups in total. The molecule has 0 amide bonds. The zero-order chi connectivity index (χ0) is 11.1. The summed E-state index contributed by atoms with van der Waals surface area (Å²) in [5.41, 5.74) is 0. The molecule has 2 fully saturated rings. The Balaban J connectivity index is 2.20. The van der Waals surface area contributed by atoms with E-state index in [0.717, 1.165) is 19.5 Å². The summed E-state index contributed by atoms with van der Waals surface area (Å²) in [5.74, 6) is 0.656. The van der Waals surface area contributed by atoms with Gasteiger partial charge in [0.05, 0.1) is 11.5 Å². The Morgan fingerprint density at radius 2 is 2.07 bits per heavy atom. The maximum Gasteiger partial charge on any atom is 0.153 e. The van der Waals surface area contributed by atoms with Crippen LogP contribution in [0.2, 0.25) is 0 Å². The van der Waals surface area contributed by atoms with Gasteiger partial charge in [-0.25, -0.2) is 8.42 Å². The molecule has 2 rings (SSSR count). The molecule has 0 bridgehead atoms. The van der Waals surface area contributed by atoms with Gasteiger partial charge in [-0.1, -0.05) is 0 Å². The predicted molar refractivity (Wildman–Crippen MR) is 60.7 cm³/mol. The van der Waals surface area contributed by atoms with Crippen LogP contribution in [0, 0.1) is 0 Å². The maximum atomic E-state index is 11.6. The van der Waals surface area contributed by atoms with E-state index in [9.17, 15) is 8.42 Å². The molecule has 0 aliphatic carbocycles. The lowest BCUT2D eigenvalue weighted by Crippen LogP contribution is -2.49. The van der Waals surface area contributed by atoms with Crippen LogP contribution >= 0.6 is 0 Å². The normalized spacial score (nSPS) is 36.5. The van der Waals surface area contributed by atoms with Crippen molar-refractivity contribution in [2.45, 2.75) is 38.4 Å². The molecule has 0 spiro atoms. The van der Waals surface area contributed by atoms with Gasteiger partial charge in [-0.15, -0.1) is 0 Å². The summed E-state index contributed by atoms with van der Waals surface area (Å²) in [7, 11) is -2.82. The smallest absolute Gasteiger partial charge is 0.153 e. The van der Waals surface area contributed by atoms with Crippen molar-refractivity contribution in [1.29, 1.82) is 0 Å². The monoisotopic (exact) mass is 232 g/mol. The van der Waals surface area contributed by atoms with Gasteiger partial charge in [0.1, 0.15) is 0 Å². The number of hydrogen-bond donors (Lipinski definition) is 1. The topological polar surface area (TPSA) is 49.4 Å². The zero-order valence-electron chi connectivity index (χ0n) is 9.44. The lowest BCUT2D eigenvalue weighted by Gasteiger charge is -2.32. The Labute approximate surface area is 91.9 Å². The molecule has 2 atom stereocenters. The van der Waals surface area contributed by atoms with Gasteiger partial charge in [-0.3, -0.25) is 4.90 Å². The maximum absolute atomic E-state index is 11.6. The fourth-order valence-electron chi connectivity index (χ4n) is 2.71. The van der Waals surface area contributed by atoms with Crippen molar-refractivity contribution in [3.63, 3.8) is 0 Å². The van der Waals surface area contributed by atoms with Gasteiger partial charge in [0.15, 0.2) is 9.84 Å². The van der Waals surface area contributed by atoms with E-state index in [2.05, 4.69) is 24.1 Å². The van der Waals surface area contributed by atoms with E-state index in [0.29, 0.717) is 17.5 Å². The first kappa shape index (κ1) is 11.4. The van der Waals surface area contributed by atoms with Crippen molar-refractivity contribution in [1.82, 2.24) is 10.2 Å². The average molecular weight is 232 g/mol. The summed E-state index contributed by atoms with van der Waals surface area (Å²) in [6, 6.07) is 0.781. The van der Waals surface area contributed by atoms with E-state index in [4.69, 9.17) is 0 Å². The van der Waals surface area contributed by atoms with Gasteiger partial charge < -0.3 is 5.32 Å². The molecule has 2 aliphatic heterocycles. The fourth-order valence-corrected chi connectivity index (χ4v) is 4.67. The number of fused-ring (bicyclic) bond motifs is 1. The number of hydrogen-bond acceptors (Lipinski definition) is 4. The van der Waals surface area contributed by atoms with Crippen LogP contribution in [0.5, 0.6) is 0 Å². The molecule has 5 heteroatoms. The van der Waals surface area contributed by atoms with E-state index < -0.39 is 9.84 Å². The summed E-state index contributed by atoms with van der Waals surface area (Å²) >= 11 is 0. The van der Waals surface area contributed by atoms with Crippen LogP contribution in [-0.2, 0) is 9.84 Å². The molecule has 2 saturated heterocycles. The van der Waals surface area contributed by atoms with E-state index in [-0.39, 0.29) is 12.1 Å². The number of nitrogens with zero attached hydrogens (tertiary/aromatic N) is 1. The van der Waals surface area contributed by atoms with Crippen molar-refractivity contribution >= 4 is 9.84 Å². The number of nitrogens with one attached hydrogen (secondary N) is 1. The molecule has 0 aromatic carbocycles. The van der Waals surface area contributed by atoms with Crippen molar-refractivity contribution in [2.75, 3.05) is 24.6 Å². The second-order valence-electron chi connectivity index (χ2n) is 4.89. The van der Waals surface area contributed by atoms with E-state index in [1.165, 1.54) is 0 Å². The third kappa shape index (κ3) is 2.34. The van der Waals surface area contributed by atoms with E-state index >= 15 is 0 Å².